The van der Waals surface area contributed by atoms with E-state index in [4.69, 9.17) is 0 Å². The van der Waals surface area contributed by atoms with Gasteiger partial charge in [0.15, 0.2) is 5.78 Å². The maximum atomic E-state index is 13.1. The van der Waals surface area contributed by atoms with Crippen molar-refractivity contribution in [2.75, 3.05) is 5.32 Å². The van der Waals surface area contributed by atoms with Crippen molar-refractivity contribution in [2.24, 2.45) is 0 Å². The van der Waals surface area contributed by atoms with Crippen LogP contribution in [-0.4, -0.2) is 20.8 Å². The first kappa shape index (κ1) is 21.0. The molecule has 3 heterocycles. The van der Waals surface area contributed by atoms with Gasteiger partial charge in [0.1, 0.15) is 11.2 Å². The zero-order chi connectivity index (χ0) is 22.0. The van der Waals surface area contributed by atoms with Gasteiger partial charge >= 0.3 is 5.69 Å². The predicted octanol–water partition coefficient (Wildman–Crippen LogP) is 3.37. The average Bonchev–Trinajstić information content (AvgIpc) is 3.43. The summed E-state index contributed by atoms with van der Waals surface area (Å²) in [7, 11) is 0. The lowest BCUT2D eigenvalue weighted by Crippen LogP contribution is -2.41. The summed E-state index contributed by atoms with van der Waals surface area (Å²) in [4.78, 5) is 51.0. The standard InChI is InChI=1S/C22H19N3O4S2/c1-14(26)15-4-6-16(7-5-15)23-19(27)13-25-18-9-12-31-20(18)21(28)24(22(25)29)10-8-17-3-2-11-30-17/h2-7,9,11-12H,8,10,13H2,1H3,(H,23,27). The number of aryl methyl sites for hydroxylation is 1. The van der Waals surface area contributed by atoms with Crippen molar-refractivity contribution in [1.82, 2.24) is 9.13 Å². The summed E-state index contributed by atoms with van der Waals surface area (Å²) in [5, 5.41) is 6.43. The zero-order valence-electron chi connectivity index (χ0n) is 16.7. The van der Waals surface area contributed by atoms with E-state index in [9.17, 15) is 19.2 Å². The van der Waals surface area contributed by atoms with Crippen LogP contribution in [0.25, 0.3) is 10.2 Å². The molecule has 0 saturated carbocycles. The molecule has 0 fully saturated rings. The first-order chi connectivity index (χ1) is 14.9. The fourth-order valence-electron chi connectivity index (χ4n) is 3.29. The fourth-order valence-corrected chi connectivity index (χ4v) is 4.83. The van der Waals surface area contributed by atoms with Gasteiger partial charge in [-0.05, 0) is 60.5 Å². The van der Waals surface area contributed by atoms with Crippen LogP contribution in [0.5, 0.6) is 0 Å². The van der Waals surface area contributed by atoms with E-state index in [0.717, 1.165) is 4.88 Å². The molecule has 0 spiro atoms. The molecule has 7 nitrogen and oxygen atoms in total. The molecular weight excluding hydrogens is 434 g/mol. The van der Waals surface area contributed by atoms with Crippen LogP contribution < -0.4 is 16.6 Å². The smallest absolute Gasteiger partial charge is 0.325 e. The molecule has 4 aromatic rings. The van der Waals surface area contributed by atoms with Crippen molar-refractivity contribution < 1.29 is 9.59 Å². The summed E-state index contributed by atoms with van der Waals surface area (Å²) < 4.78 is 2.98. The number of nitrogens with one attached hydrogen (secondary N) is 1. The molecule has 0 aliphatic carbocycles. The van der Waals surface area contributed by atoms with Crippen LogP contribution in [0.2, 0.25) is 0 Å². The summed E-state index contributed by atoms with van der Waals surface area (Å²) in [5.41, 5.74) is 0.690. The third-order valence-electron chi connectivity index (χ3n) is 4.88. The van der Waals surface area contributed by atoms with Gasteiger partial charge in [-0.15, -0.1) is 22.7 Å². The Balaban J connectivity index is 1.61. The summed E-state index contributed by atoms with van der Waals surface area (Å²) in [6.07, 6.45) is 0.568. The molecule has 1 amide bonds. The third kappa shape index (κ3) is 4.42. The van der Waals surface area contributed by atoms with Gasteiger partial charge in [0.25, 0.3) is 5.56 Å². The molecule has 1 aromatic carbocycles. The molecule has 1 N–H and O–H groups in total. The fraction of sp³-hybridized carbons (Fsp3) is 0.182. The topological polar surface area (TPSA) is 90.2 Å². The van der Waals surface area contributed by atoms with Crippen molar-refractivity contribution in [3.63, 3.8) is 0 Å². The van der Waals surface area contributed by atoms with E-state index < -0.39 is 11.6 Å². The molecule has 0 radical (unpaired) electrons. The van der Waals surface area contributed by atoms with Crippen molar-refractivity contribution in [1.29, 1.82) is 0 Å². The van der Waals surface area contributed by atoms with Gasteiger partial charge < -0.3 is 5.32 Å². The monoisotopic (exact) mass is 453 g/mol. The highest BCUT2D eigenvalue weighted by Gasteiger charge is 2.16. The van der Waals surface area contributed by atoms with E-state index in [0.29, 0.717) is 27.9 Å². The van der Waals surface area contributed by atoms with E-state index in [-0.39, 0.29) is 24.4 Å². The van der Waals surface area contributed by atoms with Gasteiger partial charge in [0, 0.05) is 22.7 Å². The van der Waals surface area contributed by atoms with Crippen LogP contribution in [0.1, 0.15) is 22.2 Å². The number of hydrogen-bond acceptors (Lipinski definition) is 6. The summed E-state index contributed by atoms with van der Waals surface area (Å²) in [6.45, 7) is 1.50. The maximum Gasteiger partial charge on any atom is 0.332 e. The Hall–Kier alpha value is -3.30. The summed E-state index contributed by atoms with van der Waals surface area (Å²) in [6, 6.07) is 12.1. The molecule has 31 heavy (non-hydrogen) atoms. The second-order valence-electron chi connectivity index (χ2n) is 6.97. The van der Waals surface area contributed by atoms with E-state index in [2.05, 4.69) is 5.32 Å². The Labute approximate surface area is 185 Å². The third-order valence-corrected chi connectivity index (χ3v) is 6.70. The van der Waals surface area contributed by atoms with Gasteiger partial charge in [0.2, 0.25) is 5.91 Å². The first-order valence-corrected chi connectivity index (χ1v) is 11.3. The highest BCUT2D eigenvalue weighted by Crippen LogP contribution is 2.16. The number of fused-ring (bicyclic) bond motifs is 1. The molecule has 158 valence electrons. The summed E-state index contributed by atoms with van der Waals surface area (Å²) in [5.74, 6) is -0.456. The lowest BCUT2D eigenvalue weighted by molar-refractivity contribution is -0.116. The Bertz CT molecular complexity index is 1360. The number of anilines is 1. The normalized spacial score (nSPS) is 11.0. The van der Waals surface area contributed by atoms with E-state index in [1.165, 1.54) is 27.4 Å². The van der Waals surface area contributed by atoms with Crippen LogP contribution in [0.4, 0.5) is 5.69 Å². The van der Waals surface area contributed by atoms with Crippen LogP contribution in [-0.2, 0) is 24.3 Å². The lowest BCUT2D eigenvalue weighted by atomic mass is 10.1. The largest absolute Gasteiger partial charge is 0.332 e. The average molecular weight is 454 g/mol. The minimum atomic E-state index is -0.505. The maximum absolute atomic E-state index is 13.1. The van der Waals surface area contributed by atoms with Gasteiger partial charge in [0.05, 0.1) is 5.52 Å². The number of rotatable bonds is 7. The Morgan fingerprint density at radius 1 is 0.968 bits per heavy atom. The number of Topliss-reactive ketones (excluding diaryl/α,β-unsaturated/α-hetero) is 1. The number of aromatic nitrogens is 2. The Morgan fingerprint density at radius 3 is 2.42 bits per heavy atom. The van der Waals surface area contributed by atoms with Crippen molar-refractivity contribution in [3.8, 4) is 0 Å². The molecule has 4 rings (SSSR count). The van der Waals surface area contributed by atoms with Gasteiger partial charge in [-0.3, -0.25) is 23.5 Å². The van der Waals surface area contributed by atoms with Crippen molar-refractivity contribution in [3.05, 3.63) is 84.5 Å². The number of ketones is 1. The molecule has 0 saturated heterocycles. The molecule has 0 unspecified atom stereocenters. The van der Waals surface area contributed by atoms with E-state index in [1.807, 2.05) is 17.5 Å². The van der Waals surface area contributed by atoms with Gasteiger partial charge in [-0.2, -0.15) is 0 Å². The van der Waals surface area contributed by atoms with E-state index >= 15 is 0 Å². The second kappa shape index (κ2) is 8.83. The number of benzene rings is 1. The molecule has 9 heteroatoms. The number of nitrogens with zero attached hydrogens (tertiary/aromatic N) is 2. The number of amides is 1. The first-order valence-electron chi connectivity index (χ1n) is 9.58. The molecule has 0 bridgehead atoms. The zero-order valence-corrected chi connectivity index (χ0v) is 18.3. The molecule has 3 aromatic heterocycles. The predicted molar refractivity (Wildman–Crippen MR) is 123 cm³/mol. The number of carbonyl (C=O) groups is 2. The van der Waals surface area contributed by atoms with Crippen LogP contribution in [0, 0.1) is 0 Å². The summed E-state index contributed by atoms with van der Waals surface area (Å²) >= 11 is 2.83. The molecule has 0 atom stereocenters. The molecule has 0 aliphatic heterocycles. The van der Waals surface area contributed by atoms with Crippen molar-refractivity contribution in [2.45, 2.75) is 26.4 Å². The highest BCUT2D eigenvalue weighted by atomic mass is 32.1. The number of carbonyl (C=O) groups excluding carboxylic acids is 2. The SMILES string of the molecule is CC(=O)c1ccc(NC(=O)Cn2c(=O)n(CCc3cccs3)c(=O)c3sccc32)cc1. The molecule has 0 aliphatic rings. The quantitative estimate of drug-likeness (QED) is 0.435. The van der Waals surface area contributed by atoms with Gasteiger partial charge in [-0.25, -0.2) is 4.79 Å². The van der Waals surface area contributed by atoms with Gasteiger partial charge in [-0.1, -0.05) is 6.07 Å². The minimum Gasteiger partial charge on any atom is -0.325 e. The number of thiophene rings is 2. The second-order valence-corrected chi connectivity index (χ2v) is 8.92. The Morgan fingerprint density at radius 2 is 1.74 bits per heavy atom. The van der Waals surface area contributed by atoms with Crippen LogP contribution in [0.3, 0.4) is 0 Å². The lowest BCUT2D eigenvalue weighted by Gasteiger charge is -2.12. The molecular formula is C22H19N3O4S2. The van der Waals surface area contributed by atoms with Crippen LogP contribution >= 0.6 is 22.7 Å². The Kier molecular flexibility index (Phi) is 5.97. The minimum absolute atomic E-state index is 0.0610. The van der Waals surface area contributed by atoms with Crippen LogP contribution in [0.15, 0.2) is 62.8 Å². The van der Waals surface area contributed by atoms with E-state index in [1.54, 1.807) is 47.0 Å². The highest BCUT2D eigenvalue weighted by molar-refractivity contribution is 7.17. The van der Waals surface area contributed by atoms with Crippen molar-refractivity contribution >= 4 is 50.3 Å². The number of hydrogen-bond donors (Lipinski definition) is 1.